The number of hydrogen-bond donors (Lipinski definition) is 1. The standard InChI is InChI=1S/C20H23FN4O3/c1-2-3-7-16(20(10-5-11-20)18-15(21)6-4-12-22-18)25(19(27)28)17-9-8-14(13-26)23-24-17/h4,6,8-9,12-13,16H,2-3,5,7,10-11H2,1H3,(H,27,28). The summed E-state index contributed by atoms with van der Waals surface area (Å²) in [6.07, 6.45) is 5.30. The molecule has 0 aromatic carbocycles. The predicted molar refractivity (Wildman–Crippen MR) is 101 cm³/mol. The van der Waals surface area contributed by atoms with Gasteiger partial charge >= 0.3 is 6.09 Å². The molecule has 8 heteroatoms. The van der Waals surface area contributed by atoms with Gasteiger partial charge in [0.15, 0.2) is 12.1 Å². The smallest absolute Gasteiger partial charge is 0.413 e. The molecule has 1 N–H and O–H groups in total. The first-order valence-corrected chi connectivity index (χ1v) is 9.45. The first-order valence-electron chi connectivity index (χ1n) is 9.45. The van der Waals surface area contributed by atoms with Crippen molar-refractivity contribution in [2.45, 2.75) is 56.9 Å². The van der Waals surface area contributed by atoms with Gasteiger partial charge in [-0.2, -0.15) is 0 Å². The number of carbonyl (C=O) groups is 2. The summed E-state index contributed by atoms with van der Waals surface area (Å²) in [6.45, 7) is 2.02. The summed E-state index contributed by atoms with van der Waals surface area (Å²) >= 11 is 0. The Labute approximate surface area is 162 Å². The number of anilines is 1. The first-order chi connectivity index (χ1) is 13.5. The lowest BCUT2D eigenvalue weighted by molar-refractivity contribution is 0.111. The molecule has 0 saturated heterocycles. The van der Waals surface area contributed by atoms with Gasteiger partial charge in [0.05, 0.1) is 11.7 Å². The van der Waals surface area contributed by atoms with Gasteiger partial charge in [-0.15, -0.1) is 10.2 Å². The first kappa shape index (κ1) is 19.9. The minimum Gasteiger partial charge on any atom is -0.465 e. The van der Waals surface area contributed by atoms with Crippen LogP contribution in [0.15, 0.2) is 30.5 Å². The molecular weight excluding hydrogens is 363 g/mol. The van der Waals surface area contributed by atoms with E-state index in [-0.39, 0.29) is 11.5 Å². The number of nitrogens with zero attached hydrogens (tertiary/aromatic N) is 4. The average Bonchev–Trinajstić information content (AvgIpc) is 2.66. The van der Waals surface area contributed by atoms with Gasteiger partial charge in [-0.25, -0.2) is 9.18 Å². The third-order valence-corrected chi connectivity index (χ3v) is 5.50. The van der Waals surface area contributed by atoms with Gasteiger partial charge in [0.1, 0.15) is 11.5 Å². The maximum atomic E-state index is 14.7. The van der Waals surface area contributed by atoms with Crippen LogP contribution in [0.5, 0.6) is 0 Å². The van der Waals surface area contributed by atoms with E-state index in [0.29, 0.717) is 31.2 Å². The third kappa shape index (κ3) is 3.58. The minimum atomic E-state index is -1.18. The number of hydrogen-bond acceptors (Lipinski definition) is 5. The zero-order chi connectivity index (χ0) is 20.1. The second-order valence-electron chi connectivity index (χ2n) is 7.09. The van der Waals surface area contributed by atoms with Crippen molar-refractivity contribution in [1.29, 1.82) is 0 Å². The molecule has 0 radical (unpaired) electrons. The largest absolute Gasteiger partial charge is 0.465 e. The summed E-state index contributed by atoms with van der Waals surface area (Å²) in [4.78, 5) is 28.5. The highest BCUT2D eigenvalue weighted by molar-refractivity contribution is 5.86. The third-order valence-electron chi connectivity index (χ3n) is 5.50. The lowest BCUT2D eigenvalue weighted by atomic mass is 9.60. The molecule has 1 aliphatic carbocycles. The highest BCUT2D eigenvalue weighted by Crippen LogP contribution is 2.50. The average molecular weight is 386 g/mol. The summed E-state index contributed by atoms with van der Waals surface area (Å²) in [5.74, 6) is -0.293. The van der Waals surface area contributed by atoms with Crippen molar-refractivity contribution in [3.8, 4) is 0 Å². The zero-order valence-electron chi connectivity index (χ0n) is 15.7. The Morgan fingerprint density at radius 1 is 1.36 bits per heavy atom. The highest BCUT2D eigenvalue weighted by atomic mass is 19.1. The molecule has 0 bridgehead atoms. The van der Waals surface area contributed by atoms with Crippen LogP contribution in [0.4, 0.5) is 15.0 Å². The number of pyridine rings is 1. The fourth-order valence-corrected chi connectivity index (χ4v) is 4.01. The Bertz CT molecular complexity index is 840. The summed E-state index contributed by atoms with van der Waals surface area (Å²) in [5.41, 5.74) is -0.274. The van der Waals surface area contributed by atoms with Crippen LogP contribution in [0.1, 0.15) is 61.6 Å². The van der Waals surface area contributed by atoms with E-state index in [1.807, 2.05) is 6.92 Å². The fraction of sp³-hybridized carbons (Fsp3) is 0.450. The van der Waals surface area contributed by atoms with E-state index in [1.54, 1.807) is 6.20 Å². The van der Waals surface area contributed by atoms with Gasteiger partial charge in [-0.3, -0.25) is 14.7 Å². The molecule has 1 amide bonds. The number of aromatic nitrogens is 3. The molecule has 1 fully saturated rings. The van der Waals surface area contributed by atoms with Crippen molar-refractivity contribution in [1.82, 2.24) is 15.2 Å². The number of carbonyl (C=O) groups excluding carboxylic acids is 1. The van der Waals surface area contributed by atoms with Crippen LogP contribution < -0.4 is 4.90 Å². The lowest BCUT2D eigenvalue weighted by Gasteiger charge is -2.50. The van der Waals surface area contributed by atoms with Gasteiger partial charge in [0.25, 0.3) is 0 Å². The van der Waals surface area contributed by atoms with Crippen molar-refractivity contribution in [3.63, 3.8) is 0 Å². The molecule has 1 saturated carbocycles. The van der Waals surface area contributed by atoms with Gasteiger partial charge in [-0.1, -0.05) is 26.2 Å². The Morgan fingerprint density at radius 3 is 2.64 bits per heavy atom. The van der Waals surface area contributed by atoms with Crippen molar-refractivity contribution in [3.05, 3.63) is 47.7 Å². The Morgan fingerprint density at radius 2 is 2.14 bits per heavy atom. The lowest BCUT2D eigenvalue weighted by Crippen LogP contribution is -2.57. The summed E-state index contributed by atoms with van der Waals surface area (Å²) < 4.78 is 14.7. The maximum absolute atomic E-state index is 14.7. The molecule has 148 valence electrons. The van der Waals surface area contributed by atoms with Crippen LogP contribution in [0.2, 0.25) is 0 Å². The van der Waals surface area contributed by atoms with E-state index >= 15 is 0 Å². The fourth-order valence-electron chi connectivity index (χ4n) is 4.01. The second-order valence-corrected chi connectivity index (χ2v) is 7.09. The normalized spacial score (nSPS) is 16.1. The van der Waals surface area contributed by atoms with Crippen LogP contribution in [0.25, 0.3) is 0 Å². The molecule has 0 spiro atoms. The molecule has 2 heterocycles. The van der Waals surface area contributed by atoms with Crippen LogP contribution in [-0.2, 0) is 5.41 Å². The molecule has 1 aliphatic rings. The number of halogens is 1. The molecule has 28 heavy (non-hydrogen) atoms. The number of amides is 1. The van der Waals surface area contributed by atoms with E-state index in [0.717, 1.165) is 19.3 Å². The minimum absolute atomic E-state index is 0.119. The molecule has 1 atom stereocenters. The van der Waals surface area contributed by atoms with Crippen LogP contribution in [0, 0.1) is 5.82 Å². The number of rotatable bonds is 8. The van der Waals surface area contributed by atoms with Gasteiger partial charge < -0.3 is 5.11 Å². The molecule has 3 rings (SSSR count). The predicted octanol–water partition coefficient (Wildman–Crippen LogP) is 3.99. The molecule has 1 unspecified atom stereocenters. The second kappa shape index (κ2) is 8.41. The summed E-state index contributed by atoms with van der Waals surface area (Å²) in [7, 11) is 0. The van der Waals surface area contributed by atoms with Gasteiger partial charge in [-0.05, 0) is 43.5 Å². The summed E-state index contributed by atoms with van der Waals surface area (Å²) in [6, 6.07) is 5.26. The van der Waals surface area contributed by atoms with E-state index in [2.05, 4.69) is 15.2 Å². The van der Waals surface area contributed by atoms with E-state index in [1.165, 1.54) is 29.2 Å². The molecule has 2 aromatic heterocycles. The van der Waals surface area contributed by atoms with E-state index < -0.39 is 23.4 Å². The Balaban J connectivity index is 2.09. The van der Waals surface area contributed by atoms with Crippen molar-refractivity contribution >= 4 is 18.2 Å². The van der Waals surface area contributed by atoms with E-state index in [9.17, 15) is 19.1 Å². The Kier molecular flexibility index (Phi) is 5.96. The topological polar surface area (TPSA) is 96.3 Å². The van der Waals surface area contributed by atoms with Crippen LogP contribution in [-0.4, -0.2) is 38.7 Å². The van der Waals surface area contributed by atoms with Crippen molar-refractivity contribution in [2.24, 2.45) is 0 Å². The van der Waals surface area contributed by atoms with Crippen LogP contribution >= 0.6 is 0 Å². The number of carboxylic acid groups (broad SMARTS) is 1. The molecule has 0 aliphatic heterocycles. The SMILES string of the molecule is CCCCC(N(C(=O)O)c1ccc(C=O)nn1)C1(c2ncccc2F)CCC1. The monoisotopic (exact) mass is 386 g/mol. The molecule has 7 nitrogen and oxygen atoms in total. The Hall–Kier alpha value is -2.90. The van der Waals surface area contributed by atoms with Gasteiger partial charge in [0.2, 0.25) is 0 Å². The molecule has 2 aromatic rings. The highest BCUT2D eigenvalue weighted by Gasteiger charge is 2.51. The number of unbranched alkanes of at least 4 members (excludes halogenated alkanes) is 1. The maximum Gasteiger partial charge on any atom is 0.413 e. The van der Waals surface area contributed by atoms with Crippen molar-refractivity contribution in [2.75, 3.05) is 4.90 Å². The van der Waals surface area contributed by atoms with Gasteiger partial charge in [0, 0.05) is 11.6 Å². The van der Waals surface area contributed by atoms with E-state index in [4.69, 9.17) is 0 Å². The van der Waals surface area contributed by atoms with Crippen LogP contribution in [0.3, 0.4) is 0 Å². The molecular formula is C20H23FN4O3. The zero-order valence-corrected chi connectivity index (χ0v) is 15.7. The van der Waals surface area contributed by atoms with Crippen molar-refractivity contribution < 1.29 is 19.1 Å². The number of aldehydes is 1. The quantitative estimate of drug-likeness (QED) is 0.689. The summed E-state index contributed by atoms with van der Waals surface area (Å²) in [5, 5.41) is 17.7.